The first-order valence-corrected chi connectivity index (χ1v) is 4.13. The van der Waals surface area contributed by atoms with Gasteiger partial charge in [0.25, 0.3) is 0 Å². The Kier molecular flexibility index (Phi) is 2.65. The number of pyridine rings is 1. The minimum Gasteiger partial charge on any atom is -0.368 e. The van der Waals surface area contributed by atoms with Gasteiger partial charge in [0.15, 0.2) is 0 Å². The van der Waals surface area contributed by atoms with Gasteiger partial charge in [-0.3, -0.25) is 0 Å². The van der Waals surface area contributed by atoms with Gasteiger partial charge in [-0.25, -0.2) is 4.98 Å². The third kappa shape index (κ3) is 2.35. The molecule has 0 bridgehead atoms. The highest BCUT2D eigenvalue weighted by molar-refractivity contribution is 6.35. The summed E-state index contributed by atoms with van der Waals surface area (Å²) in [6, 6.07) is 4.28. The quantitative estimate of drug-likeness (QED) is 0.649. The van der Waals surface area contributed by atoms with Crippen molar-refractivity contribution in [1.82, 2.24) is 4.98 Å². The summed E-state index contributed by atoms with van der Waals surface area (Å²) in [4.78, 5) is 4.16. The van der Waals surface area contributed by atoms with Crippen molar-refractivity contribution in [3.8, 4) is 0 Å². The Morgan fingerprint density at radius 3 is 2.82 bits per heavy atom. The summed E-state index contributed by atoms with van der Waals surface area (Å²) in [5.74, 6) is 0.902. The molecule has 0 saturated carbocycles. The average molecular weight is 163 g/mol. The van der Waals surface area contributed by atoms with Gasteiger partial charge in [0, 0.05) is 12.2 Å². The second kappa shape index (κ2) is 3.53. The van der Waals surface area contributed by atoms with Crippen LogP contribution in [0, 0.1) is 0 Å². The maximum absolute atomic E-state index is 4.16. The Bertz CT molecular complexity index is 235. The van der Waals surface area contributed by atoms with E-state index in [9.17, 15) is 0 Å². The number of anilines is 1. The van der Waals surface area contributed by atoms with Crippen LogP contribution in [-0.2, 0) is 0 Å². The van der Waals surface area contributed by atoms with Crippen molar-refractivity contribution < 1.29 is 0 Å². The summed E-state index contributed by atoms with van der Waals surface area (Å²) in [5.41, 5.74) is 0. The molecule has 0 unspecified atom stereocenters. The van der Waals surface area contributed by atoms with Gasteiger partial charge in [0.2, 0.25) is 0 Å². The number of aromatic nitrogens is 1. The summed E-state index contributed by atoms with van der Waals surface area (Å²) in [6.07, 6.45) is 1.77. The minimum atomic E-state index is 0.417. The Labute approximate surface area is 70.5 Å². The lowest BCUT2D eigenvalue weighted by Gasteiger charge is -2.10. The van der Waals surface area contributed by atoms with Crippen LogP contribution in [0.3, 0.4) is 0 Å². The molecule has 0 aromatic carbocycles. The predicted molar refractivity (Wildman–Crippen MR) is 48.4 cm³/mol. The molecule has 2 nitrogen and oxygen atoms in total. The molecule has 0 amide bonds. The largest absolute Gasteiger partial charge is 0.368 e. The van der Waals surface area contributed by atoms with Crippen molar-refractivity contribution in [2.24, 2.45) is 0 Å². The molecule has 11 heavy (non-hydrogen) atoms. The van der Waals surface area contributed by atoms with E-state index in [4.69, 9.17) is 0 Å². The van der Waals surface area contributed by atoms with Gasteiger partial charge in [0.1, 0.15) is 5.82 Å². The van der Waals surface area contributed by atoms with Crippen molar-refractivity contribution in [3.05, 3.63) is 18.3 Å². The Morgan fingerprint density at radius 2 is 2.27 bits per heavy atom. The second-order valence-electron chi connectivity index (χ2n) is 2.70. The molecule has 1 aromatic rings. The predicted octanol–water partition coefficient (Wildman–Crippen LogP) is 0.696. The highest BCUT2D eigenvalue weighted by Crippen LogP contribution is 1.97. The molecule has 0 aliphatic heterocycles. The van der Waals surface area contributed by atoms with Gasteiger partial charge in [-0.2, -0.15) is 0 Å². The van der Waals surface area contributed by atoms with E-state index < -0.39 is 0 Å². The summed E-state index contributed by atoms with van der Waals surface area (Å²) in [7, 11) is 3.45. The highest BCUT2D eigenvalue weighted by atomic mass is 28.1. The van der Waals surface area contributed by atoms with Crippen LogP contribution in [0.2, 0.25) is 0 Å². The van der Waals surface area contributed by atoms with Gasteiger partial charge in [-0.1, -0.05) is 6.07 Å². The van der Waals surface area contributed by atoms with Crippen molar-refractivity contribution in [1.29, 1.82) is 0 Å². The zero-order valence-corrected chi connectivity index (χ0v) is 7.76. The van der Waals surface area contributed by atoms with E-state index in [1.165, 1.54) is 0 Å². The lowest BCUT2D eigenvalue weighted by molar-refractivity contribution is 0.891. The van der Waals surface area contributed by atoms with E-state index in [1.54, 1.807) is 6.20 Å². The molecule has 57 valence electrons. The van der Waals surface area contributed by atoms with Gasteiger partial charge in [-0.05, 0) is 25.1 Å². The number of rotatable bonds is 2. The molecule has 1 N–H and O–H groups in total. The Morgan fingerprint density at radius 1 is 1.55 bits per heavy atom. The van der Waals surface area contributed by atoms with Crippen LogP contribution in [0.25, 0.3) is 0 Å². The Balaban J connectivity index is 2.78. The van der Waals surface area contributed by atoms with E-state index in [0.29, 0.717) is 6.04 Å². The van der Waals surface area contributed by atoms with Crippen molar-refractivity contribution >= 4 is 21.2 Å². The first-order valence-electron chi connectivity index (χ1n) is 3.63. The lowest BCUT2D eigenvalue weighted by atomic mass is 10.4. The Hall–Kier alpha value is -0.833. The zero-order valence-electron chi connectivity index (χ0n) is 6.76. The van der Waals surface area contributed by atoms with Gasteiger partial charge in [0.05, 0.1) is 10.2 Å². The first-order chi connectivity index (χ1) is 5.20. The molecule has 3 radical (unpaired) electrons. The maximum Gasteiger partial charge on any atom is 0.124 e. The lowest BCUT2D eigenvalue weighted by Crippen LogP contribution is -2.19. The standard InChI is InChI=1S/C8H11N2Si/c1-6(2)10-8-7(11)4-3-5-9-8/h3-6H,1-2H3,(H,9,10). The van der Waals surface area contributed by atoms with Crippen LogP contribution in [0.4, 0.5) is 5.82 Å². The summed E-state index contributed by atoms with van der Waals surface area (Å²) < 4.78 is 0. The van der Waals surface area contributed by atoms with Gasteiger partial charge >= 0.3 is 0 Å². The van der Waals surface area contributed by atoms with Crippen LogP contribution in [0.5, 0.6) is 0 Å². The average Bonchev–Trinajstić information content (AvgIpc) is 1.93. The van der Waals surface area contributed by atoms with E-state index >= 15 is 0 Å². The fourth-order valence-electron chi connectivity index (χ4n) is 0.794. The molecule has 0 fully saturated rings. The van der Waals surface area contributed by atoms with Gasteiger partial charge in [-0.15, -0.1) is 0 Å². The van der Waals surface area contributed by atoms with E-state index in [2.05, 4.69) is 34.4 Å². The molecule has 1 heterocycles. The number of hydrogen-bond donors (Lipinski definition) is 1. The van der Waals surface area contributed by atoms with Crippen LogP contribution < -0.4 is 10.5 Å². The topological polar surface area (TPSA) is 24.9 Å². The molecular formula is C8H11N2Si. The molecule has 1 rings (SSSR count). The normalized spacial score (nSPS) is 10.2. The second-order valence-corrected chi connectivity index (χ2v) is 3.24. The SMILES string of the molecule is CC(C)Nc1ncccc1[Si]. The molecule has 0 aliphatic rings. The maximum atomic E-state index is 4.16. The van der Waals surface area contributed by atoms with E-state index in [1.807, 2.05) is 12.1 Å². The monoisotopic (exact) mass is 163 g/mol. The highest BCUT2D eigenvalue weighted by Gasteiger charge is 1.98. The molecule has 0 atom stereocenters. The number of nitrogens with one attached hydrogen (secondary N) is 1. The molecule has 1 aromatic heterocycles. The number of nitrogens with zero attached hydrogens (tertiary/aromatic N) is 1. The summed E-state index contributed by atoms with van der Waals surface area (Å²) >= 11 is 0. The van der Waals surface area contributed by atoms with Crippen molar-refractivity contribution in [3.63, 3.8) is 0 Å². The van der Waals surface area contributed by atoms with Crippen molar-refractivity contribution in [2.75, 3.05) is 5.32 Å². The minimum absolute atomic E-state index is 0.417. The fourth-order valence-corrected chi connectivity index (χ4v) is 1.03. The molecule has 3 heteroatoms. The molecule has 0 spiro atoms. The molecular weight excluding hydrogens is 152 g/mol. The summed E-state index contributed by atoms with van der Waals surface area (Å²) in [6.45, 7) is 4.17. The third-order valence-electron chi connectivity index (χ3n) is 1.23. The van der Waals surface area contributed by atoms with Crippen LogP contribution in [-0.4, -0.2) is 21.3 Å². The van der Waals surface area contributed by atoms with Crippen LogP contribution in [0.1, 0.15) is 13.8 Å². The summed E-state index contributed by atoms with van der Waals surface area (Å²) in [5, 5.41) is 4.21. The van der Waals surface area contributed by atoms with Crippen molar-refractivity contribution in [2.45, 2.75) is 19.9 Å². The third-order valence-corrected chi connectivity index (χ3v) is 1.64. The van der Waals surface area contributed by atoms with Crippen LogP contribution in [0.15, 0.2) is 18.3 Å². The first kappa shape index (κ1) is 8.27. The van der Waals surface area contributed by atoms with Gasteiger partial charge < -0.3 is 5.32 Å². The fraction of sp³-hybridized carbons (Fsp3) is 0.375. The number of hydrogen-bond acceptors (Lipinski definition) is 2. The smallest absolute Gasteiger partial charge is 0.124 e. The van der Waals surface area contributed by atoms with E-state index in [0.717, 1.165) is 11.0 Å². The molecule has 0 aliphatic carbocycles. The van der Waals surface area contributed by atoms with Crippen LogP contribution >= 0.6 is 0 Å². The molecule has 0 saturated heterocycles. The van der Waals surface area contributed by atoms with E-state index in [-0.39, 0.29) is 0 Å². The zero-order chi connectivity index (χ0) is 8.27.